The van der Waals surface area contributed by atoms with Crippen molar-refractivity contribution < 1.29 is 4.39 Å². The van der Waals surface area contributed by atoms with E-state index in [4.69, 9.17) is 0 Å². The Kier molecular flexibility index (Phi) is 4.79. The van der Waals surface area contributed by atoms with Crippen LogP contribution in [-0.2, 0) is 0 Å². The Morgan fingerprint density at radius 1 is 1.00 bits per heavy atom. The maximum Gasteiger partial charge on any atom is 0.152 e. The average Bonchev–Trinajstić information content (AvgIpc) is 2.43. The first-order valence-electron chi connectivity index (χ1n) is 7.67. The van der Waals surface area contributed by atoms with E-state index in [0.717, 1.165) is 28.2 Å². The standard InChI is InChI=1S/C18H24FN3/c1-10(2)17-12(4)13(5)18(22-21-17)20-14(6)16-8-7-15(19)9-11(16)3/h7-10,14H,1-6H3,(H,20,22)/t14-/m1/s1. The van der Waals surface area contributed by atoms with Crippen molar-refractivity contribution in [3.05, 3.63) is 52.0 Å². The van der Waals surface area contributed by atoms with Gasteiger partial charge >= 0.3 is 0 Å². The molecule has 1 aromatic carbocycles. The first-order chi connectivity index (χ1) is 10.3. The van der Waals surface area contributed by atoms with Crippen molar-refractivity contribution >= 4 is 5.82 Å². The average molecular weight is 301 g/mol. The lowest BCUT2D eigenvalue weighted by atomic mass is 10.0. The summed E-state index contributed by atoms with van der Waals surface area (Å²) in [5, 5.41) is 12.1. The molecule has 0 saturated carbocycles. The molecule has 2 rings (SSSR count). The normalized spacial score (nSPS) is 12.5. The highest BCUT2D eigenvalue weighted by molar-refractivity contribution is 5.50. The lowest BCUT2D eigenvalue weighted by Crippen LogP contribution is -2.13. The van der Waals surface area contributed by atoms with E-state index < -0.39 is 0 Å². The van der Waals surface area contributed by atoms with Crippen LogP contribution in [-0.4, -0.2) is 10.2 Å². The number of anilines is 1. The molecule has 118 valence electrons. The van der Waals surface area contributed by atoms with E-state index in [1.165, 1.54) is 11.6 Å². The van der Waals surface area contributed by atoms with Gasteiger partial charge in [-0.05, 0) is 68.0 Å². The van der Waals surface area contributed by atoms with Gasteiger partial charge in [0.15, 0.2) is 5.82 Å². The van der Waals surface area contributed by atoms with Gasteiger partial charge in [0.1, 0.15) is 5.82 Å². The van der Waals surface area contributed by atoms with E-state index in [1.807, 2.05) is 19.9 Å². The van der Waals surface area contributed by atoms with Gasteiger partial charge in [0.2, 0.25) is 0 Å². The number of hydrogen-bond acceptors (Lipinski definition) is 3. The Hall–Kier alpha value is -1.97. The number of aromatic nitrogens is 2. The Balaban J connectivity index is 2.29. The number of benzene rings is 1. The highest BCUT2D eigenvalue weighted by Crippen LogP contribution is 2.27. The summed E-state index contributed by atoms with van der Waals surface area (Å²) >= 11 is 0. The van der Waals surface area contributed by atoms with Crippen molar-refractivity contribution in [3.8, 4) is 0 Å². The number of nitrogens with one attached hydrogen (secondary N) is 1. The molecule has 3 nitrogen and oxygen atoms in total. The molecule has 2 aromatic rings. The molecule has 0 fully saturated rings. The lowest BCUT2D eigenvalue weighted by molar-refractivity contribution is 0.624. The third kappa shape index (κ3) is 3.26. The maximum atomic E-state index is 13.2. The van der Waals surface area contributed by atoms with Crippen LogP contribution in [0.2, 0.25) is 0 Å². The predicted octanol–water partition coefficient (Wildman–Crippen LogP) is 4.84. The highest BCUT2D eigenvalue weighted by atomic mass is 19.1. The fourth-order valence-electron chi connectivity index (χ4n) is 2.72. The number of halogens is 1. The molecular weight excluding hydrogens is 277 g/mol. The van der Waals surface area contributed by atoms with E-state index in [0.29, 0.717) is 5.92 Å². The minimum absolute atomic E-state index is 0.0397. The molecule has 0 amide bonds. The summed E-state index contributed by atoms with van der Waals surface area (Å²) < 4.78 is 13.2. The summed E-state index contributed by atoms with van der Waals surface area (Å²) in [6, 6.07) is 4.91. The fourth-order valence-corrected chi connectivity index (χ4v) is 2.72. The zero-order valence-corrected chi connectivity index (χ0v) is 14.2. The van der Waals surface area contributed by atoms with Gasteiger partial charge in [-0.15, -0.1) is 5.10 Å². The van der Waals surface area contributed by atoms with Crippen molar-refractivity contribution in [1.82, 2.24) is 10.2 Å². The van der Waals surface area contributed by atoms with Crippen molar-refractivity contribution in [2.75, 3.05) is 5.32 Å². The van der Waals surface area contributed by atoms with Gasteiger partial charge in [-0.2, -0.15) is 5.10 Å². The molecule has 0 aliphatic carbocycles. The molecule has 1 aromatic heterocycles. The fraction of sp³-hybridized carbons (Fsp3) is 0.444. The summed E-state index contributed by atoms with van der Waals surface area (Å²) in [4.78, 5) is 0. The SMILES string of the molecule is Cc1cc(F)ccc1[C@@H](C)Nc1nnc(C(C)C)c(C)c1C. The number of rotatable bonds is 4. The molecule has 22 heavy (non-hydrogen) atoms. The summed E-state index contributed by atoms with van der Waals surface area (Å²) in [5.41, 5.74) is 5.32. The van der Waals surface area contributed by atoms with Crippen LogP contribution in [0.15, 0.2) is 18.2 Å². The van der Waals surface area contributed by atoms with Gasteiger partial charge in [-0.25, -0.2) is 4.39 Å². The van der Waals surface area contributed by atoms with Gasteiger partial charge < -0.3 is 5.32 Å². The third-order valence-corrected chi connectivity index (χ3v) is 4.16. The number of hydrogen-bond donors (Lipinski definition) is 1. The van der Waals surface area contributed by atoms with Crippen molar-refractivity contribution in [2.24, 2.45) is 0 Å². The maximum absolute atomic E-state index is 13.2. The van der Waals surface area contributed by atoms with Gasteiger partial charge in [0.25, 0.3) is 0 Å². The molecule has 0 aliphatic heterocycles. The Labute approximate surface area is 132 Å². The van der Waals surface area contributed by atoms with E-state index in [-0.39, 0.29) is 11.9 Å². The molecule has 1 N–H and O–H groups in total. The van der Waals surface area contributed by atoms with Gasteiger partial charge in [0.05, 0.1) is 11.7 Å². The van der Waals surface area contributed by atoms with E-state index in [1.54, 1.807) is 6.07 Å². The van der Waals surface area contributed by atoms with Crippen LogP contribution in [0.1, 0.15) is 60.7 Å². The number of nitrogens with zero attached hydrogens (tertiary/aromatic N) is 2. The van der Waals surface area contributed by atoms with Gasteiger partial charge in [-0.3, -0.25) is 0 Å². The molecule has 1 heterocycles. The molecule has 0 bridgehead atoms. The van der Waals surface area contributed by atoms with Crippen molar-refractivity contribution in [2.45, 2.75) is 53.5 Å². The van der Waals surface area contributed by atoms with Crippen LogP contribution in [0.5, 0.6) is 0 Å². The second-order valence-electron chi connectivity index (χ2n) is 6.21. The van der Waals surface area contributed by atoms with E-state index >= 15 is 0 Å². The monoisotopic (exact) mass is 301 g/mol. The van der Waals surface area contributed by atoms with Gasteiger partial charge in [-0.1, -0.05) is 19.9 Å². The molecule has 0 saturated heterocycles. The minimum Gasteiger partial charge on any atom is -0.362 e. The highest BCUT2D eigenvalue weighted by Gasteiger charge is 2.15. The van der Waals surface area contributed by atoms with Crippen molar-refractivity contribution in [3.63, 3.8) is 0 Å². The Bertz CT molecular complexity index is 680. The van der Waals surface area contributed by atoms with Crippen LogP contribution in [0, 0.1) is 26.6 Å². The Morgan fingerprint density at radius 2 is 1.68 bits per heavy atom. The molecule has 1 atom stereocenters. The molecular formula is C18H24FN3. The molecule has 0 unspecified atom stereocenters. The number of aryl methyl sites for hydroxylation is 1. The molecule has 0 spiro atoms. The van der Waals surface area contributed by atoms with Crippen LogP contribution in [0.3, 0.4) is 0 Å². The van der Waals surface area contributed by atoms with Crippen LogP contribution >= 0.6 is 0 Å². The molecule has 0 aliphatic rings. The zero-order chi connectivity index (χ0) is 16.4. The molecule has 0 radical (unpaired) electrons. The third-order valence-electron chi connectivity index (χ3n) is 4.16. The van der Waals surface area contributed by atoms with Crippen LogP contribution in [0.25, 0.3) is 0 Å². The van der Waals surface area contributed by atoms with Crippen LogP contribution in [0.4, 0.5) is 10.2 Å². The topological polar surface area (TPSA) is 37.8 Å². The van der Waals surface area contributed by atoms with Crippen molar-refractivity contribution in [1.29, 1.82) is 0 Å². The smallest absolute Gasteiger partial charge is 0.152 e. The van der Waals surface area contributed by atoms with Gasteiger partial charge in [0, 0.05) is 0 Å². The second-order valence-corrected chi connectivity index (χ2v) is 6.21. The minimum atomic E-state index is -0.207. The Morgan fingerprint density at radius 3 is 2.27 bits per heavy atom. The first kappa shape index (κ1) is 16.4. The van der Waals surface area contributed by atoms with Crippen LogP contribution < -0.4 is 5.32 Å². The quantitative estimate of drug-likeness (QED) is 0.878. The predicted molar refractivity (Wildman–Crippen MR) is 88.8 cm³/mol. The second kappa shape index (κ2) is 6.42. The first-order valence-corrected chi connectivity index (χ1v) is 7.67. The summed E-state index contributed by atoms with van der Waals surface area (Å²) in [6.45, 7) is 12.3. The lowest BCUT2D eigenvalue weighted by Gasteiger charge is -2.20. The summed E-state index contributed by atoms with van der Waals surface area (Å²) in [6.07, 6.45) is 0. The zero-order valence-electron chi connectivity index (χ0n) is 14.2. The summed E-state index contributed by atoms with van der Waals surface area (Å²) in [7, 11) is 0. The molecule has 4 heteroatoms. The summed E-state index contributed by atoms with van der Waals surface area (Å²) in [5.74, 6) is 0.941. The largest absolute Gasteiger partial charge is 0.362 e. The van der Waals surface area contributed by atoms with E-state index in [2.05, 4.69) is 43.2 Å². The van der Waals surface area contributed by atoms with E-state index in [9.17, 15) is 4.39 Å².